The molecule has 1 atom stereocenters. The first kappa shape index (κ1) is 16.3. The Kier molecular flexibility index (Phi) is 4.39. The highest BCUT2D eigenvalue weighted by atomic mass is 16.2. The van der Waals surface area contributed by atoms with Crippen LogP contribution < -0.4 is 11.0 Å². The Morgan fingerprint density at radius 1 is 1.27 bits per heavy atom. The van der Waals surface area contributed by atoms with Gasteiger partial charge in [-0.05, 0) is 37.0 Å². The Balaban J connectivity index is 1.58. The fourth-order valence-corrected chi connectivity index (χ4v) is 3.38. The van der Waals surface area contributed by atoms with Crippen molar-refractivity contribution < 1.29 is 4.79 Å². The Hall–Kier alpha value is -3.16. The van der Waals surface area contributed by atoms with E-state index in [-0.39, 0.29) is 17.6 Å². The molecule has 0 radical (unpaired) electrons. The number of carbonyl (C=O) groups is 1. The molecule has 134 valence electrons. The predicted octanol–water partition coefficient (Wildman–Crippen LogP) is 1.47. The van der Waals surface area contributed by atoms with Gasteiger partial charge in [0.2, 0.25) is 0 Å². The number of amides is 1. The highest BCUT2D eigenvalue weighted by Gasteiger charge is 2.25. The largest absolute Gasteiger partial charge is 0.343 e. The standard InChI is InChI=1S/C18H20N6O2/c25-17(14-7-2-1-6-13(14)12-23-10-5-9-19-23)20-15-8-3-4-11-24-16(15)21-22-18(24)26/h1-2,5-7,9-10,15H,3-4,8,11-12H2,(H,20,25)(H,22,26). The lowest BCUT2D eigenvalue weighted by molar-refractivity contribution is 0.0931. The number of aromatic nitrogens is 5. The van der Waals surface area contributed by atoms with Crippen molar-refractivity contribution >= 4 is 5.91 Å². The third-order valence-corrected chi connectivity index (χ3v) is 4.68. The second-order valence-corrected chi connectivity index (χ2v) is 6.42. The number of nitrogens with zero attached hydrogens (tertiary/aromatic N) is 4. The Morgan fingerprint density at radius 3 is 3.00 bits per heavy atom. The van der Waals surface area contributed by atoms with Crippen LogP contribution in [0.1, 0.15) is 47.1 Å². The lowest BCUT2D eigenvalue weighted by Gasteiger charge is -2.17. The fourth-order valence-electron chi connectivity index (χ4n) is 3.38. The van der Waals surface area contributed by atoms with E-state index in [0.717, 1.165) is 24.8 Å². The number of nitrogens with one attached hydrogen (secondary N) is 2. The summed E-state index contributed by atoms with van der Waals surface area (Å²) in [6.45, 7) is 1.15. The minimum absolute atomic E-state index is 0.165. The minimum Gasteiger partial charge on any atom is -0.342 e. The van der Waals surface area contributed by atoms with Crippen molar-refractivity contribution in [1.82, 2.24) is 29.9 Å². The molecular formula is C18H20N6O2. The van der Waals surface area contributed by atoms with Gasteiger partial charge in [-0.25, -0.2) is 9.89 Å². The van der Waals surface area contributed by atoms with Gasteiger partial charge in [0.1, 0.15) is 0 Å². The van der Waals surface area contributed by atoms with Gasteiger partial charge in [0.25, 0.3) is 5.91 Å². The topological polar surface area (TPSA) is 97.6 Å². The molecule has 2 N–H and O–H groups in total. The molecule has 0 saturated heterocycles. The molecule has 8 nitrogen and oxygen atoms in total. The van der Waals surface area contributed by atoms with Gasteiger partial charge in [-0.1, -0.05) is 18.2 Å². The van der Waals surface area contributed by atoms with Gasteiger partial charge in [-0.2, -0.15) is 10.2 Å². The van der Waals surface area contributed by atoms with Crippen molar-refractivity contribution in [2.24, 2.45) is 0 Å². The Morgan fingerprint density at radius 2 is 2.15 bits per heavy atom. The van der Waals surface area contributed by atoms with Gasteiger partial charge in [0.05, 0.1) is 12.6 Å². The van der Waals surface area contributed by atoms with Crippen molar-refractivity contribution in [1.29, 1.82) is 0 Å². The Labute approximate surface area is 149 Å². The number of H-pyrrole nitrogens is 1. The molecule has 1 aliphatic rings. The monoisotopic (exact) mass is 352 g/mol. The first-order valence-corrected chi connectivity index (χ1v) is 8.73. The molecule has 8 heteroatoms. The fraction of sp³-hybridized carbons (Fsp3) is 0.333. The molecular weight excluding hydrogens is 332 g/mol. The smallest absolute Gasteiger partial charge is 0.342 e. The van der Waals surface area contributed by atoms with Crippen LogP contribution in [0.5, 0.6) is 0 Å². The van der Waals surface area contributed by atoms with E-state index in [4.69, 9.17) is 0 Å². The van der Waals surface area contributed by atoms with Crippen LogP contribution >= 0.6 is 0 Å². The lowest BCUT2D eigenvalue weighted by atomic mass is 10.1. The number of rotatable bonds is 4. The van der Waals surface area contributed by atoms with Crippen molar-refractivity contribution in [3.63, 3.8) is 0 Å². The highest BCUT2D eigenvalue weighted by Crippen LogP contribution is 2.22. The van der Waals surface area contributed by atoms with Crippen LogP contribution in [0.15, 0.2) is 47.5 Å². The average molecular weight is 352 g/mol. The maximum Gasteiger partial charge on any atom is 0.343 e. The van der Waals surface area contributed by atoms with Gasteiger partial charge < -0.3 is 5.32 Å². The molecule has 26 heavy (non-hydrogen) atoms. The minimum atomic E-state index is -0.276. The number of hydrogen-bond acceptors (Lipinski definition) is 4. The van der Waals surface area contributed by atoms with Gasteiger partial charge in [0.15, 0.2) is 5.82 Å². The van der Waals surface area contributed by atoms with Crippen molar-refractivity contribution in [2.45, 2.75) is 38.4 Å². The molecule has 1 aromatic carbocycles. The molecule has 4 rings (SSSR count). The molecule has 1 aliphatic heterocycles. The molecule has 1 unspecified atom stereocenters. The van der Waals surface area contributed by atoms with Crippen molar-refractivity contribution in [2.75, 3.05) is 0 Å². The number of aromatic amines is 1. The molecule has 0 fully saturated rings. The third-order valence-electron chi connectivity index (χ3n) is 4.68. The molecule has 3 aromatic rings. The van der Waals surface area contributed by atoms with E-state index in [1.165, 1.54) is 0 Å². The average Bonchev–Trinajstić information content (AvgIpc) is 3.23. The van der Waals surface area contributed by atoms with Crippen molar-refractivity contribution in [3.8, 4) is 0 Å². The molecule has 0 aliphatic carbocycles. The van der Waals surface area contributed by atoms with Crippen LogP contribution in [-0.2, 0) is 13.1 Å². The van der Waals surface area contributed by atoms with Gasteiger partial charge in [-0.3, -0.25) is 14.0 Å². The van der Waals surface area contributed by atoms with Crippen molar-refractivity contribution in [3.05, 3.63) is 70.2 Å². The maximum atomic E-state index is 12.9. The summed E-state index contributed by atoms with van der Waals surface area (Å²) in [6, 6.07) is 9.06. The quantitative estimate of drug-likeness (QED) is 0.743. The zero-order chi connectivity index (χ0) is 17.9. The van der Waals surface area contributed by atoms with Crippen LogP contribution in [-0.4, -0.2) is 30.5 Å². The van der Waals surface area contributed by atoms with Crippen LogP contribution in [0.3, 0.4) is 0 Å². The third kappa shape index (κ3) is 3.17. The number of carbonyl (C=O) groups excluding carboxylic acids is 1. The van der Waals surface area contributed by atoms with Gasteiger partial charge in [0, 0.05) is 24.5 Å². The summed E-state index contributed by atoms with van der Waals surface area (Å²) in [6.07, 6.45) is 6.17. The molecule has 0 saturated carbocycles. The summed E-state index contributed by atoms with van der Waals surface area (Å²) in [5.74, 6) is 0.437. The zero-order valence-corrected chi connectivity index (χ0v) is 14.3. The van der Waals surface area contributed by atoms with E-state index in [1.54, 1.807) is 15.4 Å². The Bertz CT molecular complexity index is 956. The summed E-state index contributed by atoms with van der Waals surface area (Å²) >= 11 is 0. The van der Waals surface area contributed by atoms with E-state index in [1.807, 2.05) is 36.5 Å². The van der Waals surface area contributed by atoms with E-state index < -0.39 is 0 Å². The molecule has 1 amide bonds. The summed E-state index contributed by atoms with van der Waals surface area (Å²) in [7, 11) is 0. The van der Waals surface area contributed by atoms with Gasteiger partial charge >= 0.3 is 5.69 Å². The number of fused-ring (bicyclic) bond motifs is 1. The van der Waals surface area contributed by atoms with Crippen LogP contribution in [0.25, 0.3) is 0 Å². The summed E-state index contributed by atoms with van der Waals surface area (Å²) in [5.41, 5.74) is 1.28. The zero-order valence-electron chi connectivity index (χ0n) is 14.3. The molecule has 0 bridgehead atoms. The first-order valence-electron chi connectivity index (χ1n) is 8.73. The van der Waals surface area contributed by atoms with E-state index >= 15 is 0 Å². The van der Waals surface area contributed by atoms with E-state index in [9.17, 15) is 9.59 Å². The second-order valence-electron chi connectivity index (χ2n) is 6.42. The van der Waals surface area contributed by atoms with Crippen LogP contribution in [0.4, 0.5) is 0 Å². The summed E-state index contributed by atoms with van der Waals surface area (Å²) in [4.78, 5) is 24.8. The normalized spacial score (nSPS) is 16.7. The summed E-state index contributed by atoms with van der Waals surface area (Å²) in [5, 5.41) is 13.9. The van der Waals surface area contributed by atoms with E-state index in [2.05, 4.69) is 20.6 Å². The predicted molar refractivity (Wildman–Crippen MR) is 94.7 cm³/mol. The van der Waals surface area contributed by atoms with Gasteiger partial charge in [-0.15, -0.1) is 0 Å². The first-order chi connectivity index (χ1) is 12.7. The second kappa shape index (κ2) is 6.99. The molecule has 0 spiro atoms. The number of hydrogen-bond donors (Lipinski definition) is 2. The molecule has 3 heterocycles. The lowest BCUT2D eigenvalue weighted by Crippen LogP contribution is -2.31. The SMILES string of the molecule is O=C(NC1CCCCn2c1n[nH]c2=O)c1ccccc1Cn1cccn1. The number of benzene rings is 1. The maximum absolute atomic E-state index is 12.9. The van der Waals surface area contributed by atoms with Crippen LogP contribution in [0, 0.1) is 0 Å². The van der Waals surface area contributed by atoms with Crippen LogP contribution in [0.2, 0.25) is 0 Å². The summed E-state index contributed by atoms with van der Waals surface area (Å²) < 4.78 is 3.40. The molecule has 2 aromatic heterocycles. The highest BCUT2D eigenvalue weighted by molar-refractivity contribution is 5.95. The van der Waals surface area contributed by atoms with E-state index in [0.29, 0.717) is 24.5 Å².